The lowest BCUT2D eigenvalue weighted by atomic mass is 9.77. The van der Waals surface area contributed by atoms with Crippen LogP contribution in [-0.2, 0) is 4.79 Å². The second kappa shape index (κ2) is 6.38. The second-order valence-electron chi connectivity index (χ2n) is 7.54. The molecule has 1 aromatic heterocycles. The molecule has 1 saturated heterocycles. The van der Waals surface area contributed by atoms with E-state index in [4.69, 9.17) is 11.6 Å². The molecule has 1 amide bonds. The number of nitrogens with zero attached hydrogens (tertiary/aromatic N) is 2. The molecule has 4 rings (SSSR count). The first-order valence-corrected chi connectivity index (χ1v) is 9.22. The highest BCUT2D eigenvalue weighted by Gasteiger charge is 2.59. The number of amides is 1. The first-order chi connectivity index (χ1) is 12.7. The van der Waals surface area contributed by atoms with Crippen molar-refractivity contribution in [1.29, 1.82) is 0 Å². The fourth-order valence-corrected chi connectivity index (χ4v) is 5.02. The summed E-state index contributed by atoms with van der Waals surface area (Å²) in [5, 5.41) is 16.8. The Hall–Kier alpha value is -1.80. The molecule has 2 bridgehead atoms. The zero-order chi connectivity index (χ0) is 19.5. The van der Waals surface area contributed by atoms with E-state index in [0.717, 1.165) is 0 Å². The number of halogens is 4. The standard InChI is InChI=1S/C18H19ClF3N3O2/c1-8(26)25-6-9-2-3-10(7-25)14(9)18(21,22)17(27)13-15(20)12(19)4-11-5-23-24-16(11)13/h4-5,9-10,14,17,27H,2-3,6-7H2,1H3,(H,23,24)/t9-,10+,14+,17?. The maximum absolute atomic E-state index is 15.4. The molecule has 4 atom stereocenters. The molecule has 27 heavy (non-hydrogen) atoms. The molecule has 1 aliphatic carbocycles. The topological polar surface area (TPSA) is 69.2 Å². The summed E-state index contributed by atoms with van der Waals surface area (Å²) in [5.41, 5.74) is -0.550. The Kier molecular flexibility index (Phi) is 4.38. The Morgan fingerprint density at radius 2 is 2.04 bits per heavy atom. The lowest BCUT2D eigenvalue weighted by molar-refractivity contribution is -0.182. The van der Waals surface area contributed by atoms with Crippen LogP contribution in [-0.4, -0.2) is 45.1 Å². The van der Waals surface area contributed by atoms with Crippen LogP contribution in [0.25, 0.3) is 10.9 Å². The number of nitrogens with one attached hydrogen (secondary N) is 1. The maximum atomic E-state index is 15.4. The van der Waals surface area contributed by atoms with Crippen LogP contribution in [0.3, 0.4) is 0 Å². The Morgan fingerprint density at radius 3 is 2.63 bits per heavy atom. The van der Waals surface area contributed by atoms with Crippen LogP contribution in [0.4, 0.5) is 13.2 Å². The number of H-pyrrole nitrogens is 1. The summed E-state index contributed by atoms with van der Waals surface area (Å²) in [6.45, 7) is 1.88. The van der Waals surface area contributed by atoms with Crippen LogP contribution >= 0.6 is 11.6 Å². The van der Waals surface area contributed by atoms with Gasteiger partial charge in [-0.2, -0.15) is 5.10 Å². The summed E-state index contributed by atoms with van der Waals surface area (Å²) in [6, 6.07) is 1.28. The van der Waals surface area contributed by atoms with Gasteiger partial charge in [0.1, 0.15) is 11.9 Å². The summed E-state index contributed by atoms with van der Waals surface area (Å²) < 4.78 is 45.4. The third-order valence-corrected chi connectivity index (χ3v) is 6.30. The number of hydrogen-bond acceptors (Lipinski definition) is 3. The van der Waals surface area contributed by atoms with E-state index in [0.29, 0.717) is 18.2 Å². The Balaban J connectivity index is 1.72. The quantitative estimate of drug-likeness (QED) is 0.826. The number of carbonyl (C=O) groups excluding carboxylic acids is 1. The number of benzene rings is 1. The van der Waals surface area contributed by atoms with Crippen molar-refractivity contribution >= 4 is 28.4 Å². The van der Waals surface area contributed by atoms with Crippen molar-refractivity contribution in [2.75, 3.05) is 13.1 Å². The number of alkyl halides is 2. The highest BCUT2D eigenvalue weighted by Crippen LogP contribution is 2.54. The smallest absolute Gasteiger partial charge is 0.281 e. The second-order valence-corrected chi connectivity index (χ2v) is 7.95. The average Bonchev–Trinajstić information content (AvgIpc) is 3.17. The van der Waals surface area contributed by atoms with Crippen molar-refractivity contribution in [3.05, 3.63) is 28.7 Å². The molecule has 1 aromatic carbocycles. The van der Waals surface area contributed by atoms with Crippen LogP contribution in [0.15, 0.2) is 12.3 Å². The summed E-state index contributed by atoms with van der Waals surface area (Å²) in [7, 11) is 0. The molecule has 2 heterocycles. The highest BCUT2D eigenvalue weighted by atomic mass is 35.5. The van der Waals surface area contributed by atoms with Gasteiger partial charge in [-0.25, -0.2) is 13.2 Å². The van der Waals surface area contributed by atoms with Crippen LogP contribution < -0.4 is 0 Å². The van der Waals surface area contributed by atoms with Gasteiger partial charge in [0, 0.05) is 36.9 Å². The van der Waals surface area contributed by atoms with Crippen molar-refractivity contribution in [3.8, 4) is 0 Å². The predicted molar refractivity (Wildman–Crippen MR) is 92.9 cm³/mol. The molecular weight excluding hydrogens is 383 g/mol. The summed E-state index contributed by atoms with van der Waals surface area (Å²) >= 11 is 5.84. The number of piperidine rings is 1. The van der Waals surface area contributed by atoms with Crippen molar-refractivity contribution in [2.24, 2.45) is 17.8 Å². The lowest BCUT2D eigenvalue weighted by Crippen LogP contribution is -2.51. The molecule has 2 aromatic rings. The number of carbonyl (C=O) groups is 1. The molecule has 9 heteroatoms. The summed E-state index contributed by atoms with van der Waals surface area (Å²) in [6.07, 6.45) is 0.0816. The van der Waals surface area contributed by atoms with Crippen molar-refractivity contribution < 1.29 is 23.1 Å². The van der Waals surface area contributed by atoms with E-state index in [9.17, 15) is 14.3 Å². The molecule has 146 valence electrons. The van der Waals surface area contributed by atoms with Gasteiger partial charge in [0.05, 0.1) is 16.7 Å². The van der Waals surface area contributed by atoms with Gasteiger partial charge in [0.2, 0.25) is 5.91 Å². The molecule has 0 spiro atoms. The minimum Gasteiger partial charge on any atom is -0.382 e. The average molecular weight is 402 g/mol. The largest absolute Gasteiger partial charge is 0.382 e. The van der Waals surface area contributed by atoms with Crippen LogP contribution in [0.5, 0.6) is 0 Å². The van der Waals surface area contributed by atoms with Crippen molar-refractivity contribution in [1.82, 2.24) is 15.1 Å². The monoisotopic (exact) mass is 401 g/mol. The van der Waals surface area contributed by atoms with Crippen LogP contribution in [0.1, 0.15) is 31.4 Å². The molecule has 0 radical (unpaired) electrons. The number of likely N-dealkylation sites (tertiary alicyclic amines) is 1. The molecule has 2 N–H and O–H groups in total. The van der Waals surface area contributed by atoms with E-state index in [-0.39, 0.29) is 29.5 Å². The number of aromatic nitrogens is 2. The fraction of sp³-hybridized carbons (Fsp3) is 0.556. The van der Waals surface area contributed by atoms with Crippen molar-refractivity contribution in [3.63, 3.8) is 0 Å². The van der Waals surface area contributed by atoms with Gasteiger partial charge in [0.15, 0.2) is 0 Å². The number of fused-ring (bicyclic) bond motifs is 3. The number of aromatic amines is 1. The molecule has 1 aliphatic heterocycles. The van der Waals surface area contributed by atoms with E-state index in [1.54, 1.807) is 4.90 Å². The Bertz CT molecular complexity index is 889. The molecule has 5 nitrogen and oxygen atoms in total. The van der Waals surface area contributed by atoms with E-state index in [1.165, 1.54) is 19.2 Å². The van der Waals surface area contributed by atoms with E-state index in [1.807, 2.05) is 0 Å². The van der Waals surface area contributed by atoms with Gasteiger partial charge in [-0.3, -0.25) is 9.89 Å². The first-order valence-electron chi connectivity index (χ1n) is 8.84. The highest BCUT2D eigenvalue weighted by molar-refractivity contribution is 6.31. The van der Waals surface area contributed by atoms with Gasteiger partial charge in [0.25, 0.3) is 5.92 Å². The van der Waals surface area contributed by atoms with Gasteiger partial charge in [-0.1, -0.05) is 11.6 Å². The summed E-state index contributed by atoms with van der Waals surface area (Å²) in [4.78, 5) is 13.2. The molecule has 1 unspecified atom stereocenters. The maximum Gasteiger partial charge on any atom is 0.281 e. The van der Waals surface area contributed by atoms with Crippen molar-refractivity contribution in [2.45, 2.75) is 31.8 Å². The zero-order valence-corrected chi connectivity index (χ0v) is 15.3. The van der Waals surface area contributed by atoms with Gasteiger partial charge in [-0.05, 0) is 30.7 Å². The normalized spacial score (nSPS) is 26.6. The van der Waals surface area contributed by atoms with Crippen LogP contribution in [0, 0.1) is 23.6 Å². The molecule has 2 aliphatic rings. The zero-order valence-electron chi connectivity index (χ0n) is 14.6. The minimum atomic E-state index is -3.57. The summed E-state index contributed by atoms with van der Waals surface area (Å²) in [5.74, 6) is -6.78. The van der Waals surface area contributed by atoms with Crippen LogP contribution in [0.2, 0.25) is 5.02 Å². The minimum absolute atomic E-state index is 0.0117. The number of aliphatic hydroxyl groups is 1. The number of aliphatic hydroxyl groups excluding tert-OH is 1. The SMILES string of the molecule is CC(=O)N1C[C@H]2CC[C@@H](C1)[C@H]2C(F)(F)C(O)c1c(F)c(Cl)cc2cn[nH]c12. The molecule has 2 fully saturated rings. The first kappa shape index (κ1) is 18.6. The van der Waals surface area contributed by atoms with E-state index >= 15 is 8.78 Å². The van der Waals surface area contributed by atoms with Gasteiger partial charge >= 0.3 is 0 Å². The van der Waals surface area contributed by atoms with Gasteiger partial charge in [-0.15, -0.1) is 0 Å². The number of hydrogen-bond donors (Lipinski definition) is 2. The van der Waals surface area contributed by atoms with E-state index < -0.39 is 41.2 Å². The van der Waals surface area contributed by atoms with E-state index in [2.05, 4.69) is 10.2 Å². The third-order valence-electron chi connectivity index (χ3n) is 6.03. The predicted octanol–water partition coefficient (Wildman–Crippen LogP) is 3.53. The Labute approximate surface area is 158 Å². The molecule has 1 saturated carbocycles. The lowest BCUT2D eigenvalue weighted by Gasteiger charge is -2.42. The molecular formula is C18H19ClF3N3O2. The third kappa shape index (κ3) is 2.81. The van der Waals surface area contributed by atoms with Gasteiger partial charge < -0.3 is 10.0 Å². The Morgan fingerprint density at radius 1 is 1.41 bits per heavy atom. The number of rotatable bonds is 3. The fourth-order valence-electron chi connectivity index (χ4n) is 4.80.